The lowest BCUT2D eigenvalue weighted by molar-refractivity contribution is -0.134. The van der Waals surface area contributed by atoms with Crippen LogP contribution < -0.4 is 4.74 Å². The molecular weight excluding hydrogens is 410 g/mol. The highest BCUT2D eigenvalue weighted by Crippen LogP contribution is 2.33. The van der Waals surface area contributed by atoms with Crippen molar-refractivity contribution in [2.24, 2.45) is 0 Å². The molecule has 2 aromatic carbocycles. The zero-order valence-electron chi connectivity index (χ0n) is 18.5. The van der Waals surface area contributed by atoms with Crippen LogP contribution in [-0.2, 0) is 23.2 Å². The summed E-state index contributed by atoms with van der Waals surface area (Å²) in [5.74, 6) is 0.753. The van der Waals surface area contributed by atoms with Crippen molar-refractivity contribution in [3.05, 3.63) is 69.9 Å². The molecule has 31 heavy (non-hydrogen) atoms. The van der Waals surface area contributed by atoms with Gasteiger partial charge in [0.1, 0.15) is 5.75 Å². The summed E-state index contributed by atoms with van der Waals surface area (Å²) < 4.78 is 6.00. The summed E-state index contributed by atoms with van der Waals surface area (Å²) in [6, 6.07) is 13.7. The normalized spacial score (nSPS) is 13.8. The smallest absolute Gasteiger partial charge is 0.260 e. The minimum absolute atomic E-state index is 0.0191. The number of nitrogens with zero attached hydrogens (tertiary/aromatic N) is 2. The number of carbonyl (C=O) groups excluding carboxylic acids is 1. The highest BCUT2D eigenvalue weighted by atomic mass is 35.5. The molecule has 0 atom stereocenters. The predicted molar refractivity (Wildman–Crippen MR) is 124 cm³/mol. The van der Waals surface area contributed by atoms with Crippen LogP contribution in [0.25, 0.3) is 11.3 Å². The van der Waals surface area contributed by atoms with Crippen molar-refractivity contribution < 1.29 is 9.53 Å². The summed E-state index contributed by atoms with van der Waals surface area (Å²) >= 11 is 6.02. The molecule has 0 saturated carbocycles. The van der Waals surface area contributed by atoms with Gasteiger partial charge in [0.2, 0.25) is 0 Å². The molecule has 1 aliphatic rings. The fourth-order valence-electron chi connectivity index (χ4n) is 3.94. The van der Waals surface area contributed by atoms with E-state index in [-0.39, 0.29) is 17.9 Å². The molecule has 3 aromatic rings. The van der Waals surface area contributed by atoms with Gasteiger partial charge in [-0.05, 0) is 36.1 Å². The van der Waals surface area contributed by atoms with E-state index in [4.69, 9.17) is 16.3 Å². The molecule has 2 heterocycles. The average molecular weight is 438 g/mol. The number of halogens is 1. The summed E-state index contributed by atoms with van der Waals surface area (Å²) in [4.78, 5) is 14.8. The average Bonchev–Trinajstić information content (AvgIpc) is 3.15. The van der Waals surface area contributed by atoms with Gasteiger partial charge in [0, 0.05) is 41.4 Å². The molecule has 0 bridgehead atoms. The predicted octanol–water partition coefficient (Wildman–Crippen LogP) is 5.30. The first-order valence-corrected chi connectivity index (χ1v) is 10.9. The maximum Gasteiger partial charge on any atom is 0.260 e. The molecule has 0 unspecified atom stereocenters. The molecular formula is C25H28ClN3O2. The molecule has 0 radical (unpaired) electrons. The molecule has 5 nitrogen and oxygen atoms in total. The molecule has 1 aliphatic heterocycles. The van der Waals surface area contributed by atoms with Gasteiger partial charge in [-0.2, -0.15) is 5.10 Å². The number of fused-ring (bicyclic) bond motifs is 1. The van der Waals surface area contributed by atoms with E-state index in [0.717, 1.165) is 40.2 Å². The van der Waals surface area contributed by atoms with Crippen LogP contribution in [0.2, 0.25) is 5.02 Å². The van der Waals surface area contributed by atoms with Gasteiger partial charge in [0.05, 0.1) is 5.69 Å². The van der Waals surface area contributed by atoms with E-state index in [2.05, 4.69) is 44.0 Å². The Morgan fingerprint density at radius 1 is 1.19 bits per heavy atom. The molecule has 0 spiro atoms. The van der Waals surface area contributed by atoms with E-state index >= 15 is 0 Å². The Hall–Kier alpha value is -2.79. The molecule has 162 valence electrons. The fourth-order valence-corrected chi connectivity index (χ4v) is 4.07. The number of ether oxygens (including phenoxy) is 1. The minimum atomic E-state index is -0.0608. The topological polar surface area (TPSA) is 58.2 Å². The maximum absolute atomic E-state index is 13.0. The number of nitrogens with one attached hydrogen (secondary N) is 1. The van der Waals surface area contributed by atoms with Crippen LogP contribution in [-0.4, -0.2) is 34.2 Å². The van der Waals surface area contributed by atoms with Gasteiger partial charge in [0.25, 0.3) is 5.91 Å². The van der Waals surface area contributed by atoms with Gasteiger partial charge in [0.15, 0.2) is 6.61 Å². The molecule has 6 heteroatoms. The zero-order chi connectivity index (χ0) is 22.2. The highest BCUT2D eigenvalue weighted by Gasteiger charge is 2.26. The van der Waals surface area contributed by atoms with E-state index in [9.17, 15) is 4.79 Å². The first-order chi connectivity index (χ1) is 14.7. The number of hydrogen-bond donors (Lipinski definition) is 1. The van der Waals surface area contributed by atoms with Crippen LogP contribution in [0.1, 0.15) is 43.2 Å². The number of rotatable bonds is 4. The van der Waals surface area contributed by atoms with Crippen molar-refractivity contribution in [3.63, 3.8) is 0 Å². The first-order valence-electron chi connectivity index (χ1n) is 10.6. The number of hydrogen-bond acceptors (Lipinski definition) is 3. The van der Waals surface area contributed by atoms with E-state index in [1.807, 2.05) is 41.3 Å². The van der Waals surface area contributed by atoms with Crippen LogP contribution in [0.4, 0.5) is 0 Å². The van der Waals surface area contributed by atoms with Gasteiger partial charge >= 0.3 is 0 Å². The molecule has 1 N–H and O–H groups in total. The number of carbonyl (C=O) groups is 1. The van der Waals surface area contributed by atoms with Crippen molar-refractivity contribution in [1.82, 2.24) is 15.1 Å². The van der Waals surface area contributed by atoms with Crippen LogP contribution in [0.3, 0.4) is 0 Å². The molecule has 1 aromatic heterocycles. The van der Waals surface area contributed by atoms with Crippen molar-refractivity contribution in [1.29, 1.82) is 0 Å². The van der Waals surface area contributed by atoms with Gasteiger partial charge in [-0.1, -0.05) is 62.2 Å². The molecule has 0 saturated heterocycles. The third kappa shape index (κ3) is 4.62. The van der Waals surface area contributed by atoms with Crippen molar-refractivity contribution >= 4 is 17.5 Å². The van der Waals surface area contributed by atoms with E-state index in [1.54, 1.807) is 0 Å². The largest absolute Gasteiger partial charge is 0.483 e. The number of aromatic nitrogens is 2. The minimum Gasteiger partial charge on any atom is -0.483 e. The van der Waals surface area contributed by atoms with Gasteiger partial charge in [-0.15, -0.1) is 0 Å². The molecule has 0 fully saturated rings. The summed E-state index contributed by atoms with van der Waals surface area (Å²) in [6.07, 6.45) is 0.749. The second-order valence-corrected chi connectivity index (χ2v) is 9.58. The summed E-state index contributed by atoms with van der Waals surface area (Å²) in [7, 11) is 0. The van der Waals surface area contributed by atoms with E-state index in [1.165, 1.54) is 5.56 Å². The van der Waals surface area contributed by atoms with E-state index < -0.39 is 0 Å². The Balaban J connectivity index is 1.48. The quantitative estimate of drug-likeness (QED) is 0.602. The molecule has 1 amide bonds. The second-order valence-electron chi connectivity index (χ2n) is 9.14. The van der Waals surface area contributed by atoms with Gasteiger partial charge < -0.3 is 9.64 Å². The zero-order valence-corrected chi connectivity index (χ0v) is 19.2. The lowest BCUT2D eigenvalue weighted by Crippen LogP contribution is -2.39. The van der Waals surface area contributed by atoms with Crippen LogP contribution >= 0.6 is 11.6 Å². The lowest BCUT2D eigenvalue weighted by Gasteiger charge is -2.28. The van der Waals surface area contributed by atoms with Crippen LogP contribution in [0.15, 0.2) is 42.5 Å². The Kier molecular flexibility index (Phi) is 5.80. The summed E-state index contributed by atoms with van der Waals surface area (Å²) in [6.45, 7) is 9.72. The monoisotopic (exact) mass is 437 g/mol. The van der Waals surface area contributed by atoms with Crippen molar-refractivity contribution in [2.45, 2.75) is 46.1 Å². The Bertz CT molecular complexity index is 1100. The lowest BCUT2D eigenvalue weighted by atomic mass is 9.85. The third-order valence-corrected chi connectivity index (χ3v) is 5.95. The second kappa shape index (κ2) is 8.39. The number of amides is 1. The van der Waals surface area contributed by atoms with Gasteiger partial charge in [-0.25, -0.2) is 0 Å². The third-order valence-electron chi connectivity index (χ3n) is 5.70. The molecule has 4 rings (SSSR count). The molecule has 0 aliphatic carbocycles. The van der Waals surface area contributed by atoms with E-state index in [0.29, 0.717) is 18.1 Å². The number of benzene rings is 2. The standard InChI is InChI=1S/C25H28ClN3O2/c1-16-5-10-22(20(13-16)25(2,3)4)31-15-23(30)29-12-11-21-19(14-29)24(28-27-21)17-6-8-18(26)9-7-17/h5-10,13H,11-12,14-15H2,1-4H3,(H,27,28). The fraction of sp³-hybridized carbons (Fsp3) is 0.360. The van der Waals surface area contributed by atoms with Crippen LogP contribution in [0.5, 0.6) is 5.75 Å². The van der Waals surface area contributed by atoms with Crippen LogP contribution in [0, 0.1) is 6.92 Å². The first kappa shape index (κ1) is 21.4. The Labute approximate surface area is 188 Å². The number of aromatic amines is 1. The number of H-pyrrole nitrogens is 1. The Morgan fingerprint density at radius 3 is 2.65 bits per heavy atom. The van der Waals surface area contributed by atoms with Crippen molar-refractivity contribution in [2.75, 3.05) is 13.2 Å². The SMILES string of the molecule is Cc1ccc(OCC(=O)N2CCc3[nH]nc(-c4ccc(Cl)cc4)c3C2)c(C(C)(C)C)c1. The van der Waals surface area contributed by atoms with Crippen molar-refractivity contribution in [3.8, 4) is 17.0 Å². The number of aryl methyl sites for hydroxylation is 1. The summed E-state index contributed by atoms with van der Waals surface area (Å²) in [5.41, 5.74) is 6.24. The summed E-state index contributed by atoms with van der Waals surface area (Å²) in [5, 5.41) is 8.32. The highest BCUT2D eigenvalue weighted by molar-refractivity contribution is 6.30. The maximum atomic E-state index is 13.0. The van der Waals surface area contributed by atoms with Gasteiger partial charge in [-0.3, -0.25) is 9.89 Å². The Morgan fingerprint density at radius 2 is 1.94 bits per heavy atom.